The molecule has 0 fully saturated rings. The van der Waals surface area contributed by atoms with Crippen molar-refractivity contribution in [2.75, 3.05) is 33.7 Å². The van der Waals surface area contributed by atoms with Crippen LogP contribution in [0.25, 0.3) is 0 Å². The molecule has 3 heteroatoms. The highest BCUT2D eigenvalue weighted by atomic mass is 32.1. The predicted molar refractivity (Wildman–Crippen MR) is 68.7 cm³/mol. The van der Waals surface area contributed by atoms with Gasteiger partial charge in [0.1, 0.15) is 0 Å². The SMILES string of the molecule is CN(C)CCCCNCCc1ccsc1. The maximum atomic E-state index is 3.48. The molecule has 1 rings (SSSR count). The molecule has 1 heterocycles. The predicted octanol–water partition coefficient (Wildman–Crippen LogP) is 2.22. The van der Waals surface area contributed by atoms with Crippen molar-refractivity contribution in [3.05, 3.63) is 22.4 Å². The summed E-state index contributed by atoms with van der Waals surface area (Å²) in [6.07, 6.45) is 3.73. The molecule has 0 aliphatic carbocycles. The Labute approximate surface area is 97.3 Å². The van der Waals surface area contributed by atoms with Crippen LogP contribution in [-0.4, -0.2) is 38.6 Å². The van der Waals surface area contributed by atoms with E-state index in [2.05, 4.69) is 41.1 Å². The van der Waals surface area contributed by atoms with Crippen LogP contribution in [0.4, 0.5) is 0 Å². The molecule has 0 atom stereocenters. The summed E-state index contributed by atoms with van der Waals surface area (Å²) >= 11 is 1.78. The fourth-order valence-electron chi connectivity index (χ4n) is 1.47. The second-order valence-corrected chi connectivity index (χ2v) is 4.92. The lowest BCUT2D eigenvalue weighted by Gasteiger charge is -2.09. The van der Waals surface area contributed by atoms with E-state index >= 15 is 0 Å². The van der Waals surface area contributed by atoms with Gasteiger partial charge in [0.2, 0.25) is 0 Å². The number of hydrogen-bond donors (Lipinski definition) is 1. The standard InChI is InChI=1S/C12H22N2S/c1-14(2)9-4-3-7-13-8-5-12-6-10-15-11-12/h6,10-11,13H,3-5,7-9H2,1-2H3. The molecule has 0 saturated carbocycles. The Hall–Kier alpha value is -0.380. The highest BCUT2D eigenvalue weighted by Crippen LogP contribution is 2.05. The maximum absolute atomic E-state index is 3.48. The lowest BCUT2D eigenvalue weighted by molar-refractivity contribution is 0.392. The van der Waals surface area contributed by atoms with Crippen LogP contribution in [-0.2, 0) is 6.42 Å². The van der Waals surface area contributed by atoms with E-state index < -0.39 is 0 Å². The van der Waals surface area contributed by atoms with Crippen LogP contribution in [0.15, 0.2) is 16.8 Å². The Morgan fingerprint density at radius 2 is 2.13 bits per heavy atom. The van der Waals surface area contributed by atoms with Gasteiger partial charge in [-0.2, -0.15) is 11.3 Å². The summed E-state index contributed by atoms with van der Waals surface area (Å²) in [4.78, 5) is 2.24. The van der Waals surface area contributed by atoms with Gasteiger partial charge < -0.3 is 10.2 Å². The van der Waals surface area contributed by atoms with Gasteiger partial charge in [-0.05, 0) is 75.4 Å². The number of nitrogens with zero attached hydrogens (tertiary/aromatic N) is 1. The van der Waals surface area contributed by atoms with Crippen LogP contribution in [0.1, 0.15) is 18.4 Å². The molecule has 0 bridgehead atoms. The first kappa shape index (κ1) is 12.7. The summed E-state index contributed by atoms with van der Waals surface area (Å²) in [6.45, 7) is 3.46. The highest BCUT2D eigenvalue weighted by Gasteiger charge is 1.93. The van der Waals surface area contributed by atoms with E-state index in [1.165, 1.54) is 24.9 Å². The summed E-state index contributed by atoms with van der Waals surface area (Å²) in [5.41, 5.74) is 1.46. The first-order valence-corrected chi connectivity index (χ1v) is 6.60. The van der Waals surface area contributed by atoms with Gasteiger partial charge in [0.05, 0.1) is 0 Å². The van der Waals surface area contributed by atoms with Crippen molar-refractivity contribution in [1.29, 1.82) is 0 Å². The Bertz CT molecular complexity index is 232. The molecule has 2 nitrogen and oxygen atoms in total. The summed E-state index contributed by atoms with van der Waals surface area (Å²) in [5, 5.41) is 7.86. The minimum absolute atomic E-state index is 1.11. The third-order valence-corrected chi connectivity index (χ3v) is 3.11. The van der Waals surface area contributed by atoms with Gasteiger partial charge in [-0.25, -0.2) is 0 Å². The van der Waals surface area contributed by atoms with Gasteiger partial charge in [-0.15, -0.1) is 0 Å². The van der Waals surface area contributed by atoms with Crippen molar-refractivity contribution in [1.82, 2.24) is 10.2 Å². The maximum Gasteiger partial charge on any atom is -0.000806 e. The van der Waals surface area contributed by atoms with Gasteiger partial charge >= 0.3 is 0 Å². The zero-order chi connectivity index (χ0) is 10.9. The minimum atomic E-state index is 1.11. The van der Waals surface area contributed by atoms with Crippen LogP contribution in [0, 0.1) is 0 Å². The van der Waals surface area contributed by atoms with Gasteiger partial charge in [-0.3, -0.25) is 0 Å². The zero-order valence-electron chi connectivity index (χ0n) is 9.83. The second-order valence-electron chi connectivity index (χ2n) is 4.14. The summed E-state index contributed by atoms with van der Waals surface area (Å²) in [7, 11) is 4.26. The van der Waals surface area contributed by atoms with E-state index in [-0.39, 0.29) is 0 Å². The minimum Gasteiger partial charge on any atom is -0.316 e. The fraction of sp³-hybridized carbons (Fsp3) is 0.667. The Kier molecular flexibility index (Phi) is 6.64. The molecule has 0 unspecified atom stereocenters. The fourth-order valence-corrected chi connectivity index (χ4v) is 2.17. The molecular formula is C12H22N2S. The molecule has 0 amide bonds. The summed E-state index contributed by atoms with van der Waals surface area (Å²) in [6, 6.07) is 2.21. The molecule has 1 aromatic rings. The van der Waals surface area contributed by atoms with Crippen molar-refractivity contribution in [2.45, 2.75) is 19.3 Å². The van der Waals surface area contributed by atoms with E-state index in [1.807, 2.05) is 0 Å². The lowest BCUT2D eigenvalue weighted by atomic mass is 10.2. The van der Waals surface area contributed by atoms with Crippen LogP contribution >= 0.6 is 11.3 Å². The second kappa shape index (κ2) is 7.85. The van der Waals surface area contributed by atoms with E-state index in [0.29, 0.717) is 0 Å². The van der Waals surface area contributed by atoms with Crippen molar-refractivity contribution >= 4 is 11.3 Å². The third-order valence-electron chi connectivity index (χ3n) is 2.38. The van der Waals surface area contributed by atoms with Gasteiger partial charge in [0.15, 0.2) is 0 Å². The molecule has 0 aliphatic heterocycles. The first-order valence-electron chi connectivity index (χ1n) is 5.65. The van der Waals surface area contributed by atoms with Crippen molar-refractivity contribution in [2.24, 2.45) is 0 Å². The van der Waals surface area contributed by atoms with Crippen LogP contribution in [0.5, 0.6) is 0 Å². The number of unbranched alkanes of at least 4 members (excludes halogenated alkanes) is 1. The number of thiophene rings is 1. The molecule has 0 radical (unpaired) electrons. The Balaban J connectivity index is 1.85. The molecular weight excluding hydrogens is 204 g/mol. The van der Waals surface area contributed by atoms with Crippen molar-refractivity contribution in [3.63, 3.8) is 0 Å². The van der Waals surface area contributed by atoms with Gasteiger partial charge in [0.25, 0.3) is 0 Å². The average molecular weight is 226 g/mol. The van der Waals surface area contributed by atoms with E-state index in [9.17, 15) is 0 Å². The van der Waals surface area contributed by atoms with Crippen LogP contribution in [0.3, 0.4) is 0 Å². The third kappa shape index (κ3) is 6.66. The zero-order valence-corrected chi connectivity index (χ0v) is 10.6. The lowest BCUT2D eigenvalue weighted by Crippen LogP contribution is -2.20. The molecule has 1 aromatic heterocycles. The number of hydrogen-bond acceptors (Lipinski definition) is 3. The van der Waals surface area contributed by atoms with Gasteiger partial charge in [0, 0.05) is 0 Å². The topological polar surface area (TPSA) is 15.3 Å². The Morgan fingerprint density at radius 1 is 1.27 bits per heavy atom. The normalized spacial score (nSPS) is 11.1. The van der Waals surface area contributed by atoms with Crippen molar-refractivity contribution in [3.8, 4) is 0 Å². The largest absolute Gasteiger partial charge is 0.316 e. The molecule has 15 heavy (non-hydrogen) atoms. The number of nitrogens with one attached hydrogen (secondary N) is 1. The Morgan fingerprint density at radius 3 is 2.80 bits per heavy atom. The van der Waals surface area contributed by atoms with E-state index in [4.69, 9.17) is 0 Å². The van der Waals surface area contributed by atoms with Crippen molar-refractivity contribution < 1.29 is 0 Å². The molecule has 1 N–H and O–H groups in total. The quantitative estimate of drug-likeness (QED) is 0.684. The summed E-state index contributed by atoms with van der Waals surface area (Å²) in [5.74, 6) is 0. The average Bonchev–Trinajstić information content (AvgIpc) is 2.68. The van der Waals surface area contributed by atoms with Crippen LogP contribution in [0.2, 0.25) is 0 Å². The van der Waals surface area contributed by atoms with Crippen LogP contribution < -0.4 is 5.32 Å². The smallest absolute Gasteiger partial charge is 0.000806 e. The molecule has 0 aliphatic rings. The summed E-state index contributed by atoms with van der Waals surface area (Å²) < 4.78 is 0. The molecule has 0 spiro atoms. The van der Waals surface area contributed by atoms with E-state index in [1.54, 1.807) is 11.3 Å². The molecule has 0 aromatic carbocycles. The first-order chi connectivity index (χ1) is 7.29. The number of rotatable bonds is 8. The molecule has 0 saturated heterocycles. The monoisotopic (exact) mass is 226 g/mol. The highest BCUT2D eigenvalue weighted by molar-refractivity contribution is 7.07. The van der Waals surface area contributed by atoms with Gasteiger partial charge in [-0.1, -0.05) is 0 Å². The molecule has 86 valence electrons. The van der Waals surface area contributed by atoms with E-state index in [0.717, 1.165) is 19.5 Å².